The largest absolute Gasteiger partial charge is 0.375 e. The first-order valence-electron chi connectivity index (χ1n) is 9.95. The highest BCUT2D eigenvalue weighted by atomic mass is 32.1. The lowest BCUT2D eigenvalue weighted by Gasteiger charge is -2.01. The first-order chi connectivity index (χ1) is 13.7. The third-order valence-corrected chi connectivity index (χ3v) is 4.30. The molecule has 2 heterocycles. The lowest BCUT2D eigenvalue weighted by molar-refractivity contribution is -0.109. The van der Waals surface area contributed by atoms with E-state index in [-0.39, 0.29) is 6.04 Å². The number of carbonyl (C=O) groups is 1. The maximum Gasteiger partial charge on any atom is 0.183 e. The lowest BCUT2D eigenvalue weighted by Crippen LogP contribution is -2.22. The molecule has 5 heteroatoms. The summed E-state index contributed by atoms with van der Waals surface area (Å²) in [6, 6.07) is 8.04. The van der Waals surface area contributed by atoms with Crippen molar-refractivity contribution in [1.29, 1.82) is 0 Å². The Morgan fingerprint density at radius 3 is 2.14 bits per heavy atom. The van der Waals surface area contributed by atoms with E-state index in [9.17, 15) is 4.79 Å². The molecule has 0 saturated heterocycles. The summed E-state index contributed by atoms with van der Waals surface area (Å²) in [5.74, 6) is 0. The van der Waals surface area contributed by atoms with Gasteiger partial charge in [-0.15, -0.1) is 0 Å². The molecule has 4 nitrogen and oxygen atoms in total. The van der Waals surface area contributed by atoms with E-state index >= 15 is 0 Å². The molecular formula is C23H37N3OS. The van der Waals surface area contributed by atoms with Crippen LogP contribution in [0.15, 0.2) is 60.8 Å². The van der Waals surface area contributed by atoms with Crippen LogP contribution < -0.4 is 10.6 Å². The second-order valence-electron chi connectivity index (χ2n) is 4.67. The van der Waals surface area contributed by atoms with Crippen LogP contribution in [0.3, 0.4) is 0 Å². The zero-order valence-corrected chi connectivity index (χ0v) is 19.3. The van der Waals surface area contributed by atoms with Crippen molar-refractivity contribution in [2.75, 3.05) is 12.4 Å². The normalized spacial score (nSPS) is 13.6. The Morgan fingerprint density at radius 1 is 1.11 bits per heavy atom. The Labute approximate surface area is 175 Å². The Kier molecular flexibility index (Phi) is 17.9. The fourth-order valence-corrected chi connectivity index (χ4v) is 2.95. The highest BCUT2D eigenvalue weighted by molar-refractivity contribution is 7.22. The van der Waals surface area contributed by atoms with Crippen LogP contribution in [0.25, 0.3) is 10.2 Å². The van der Waals surface area contributed by atoms with Crippen molar-refractivity contribution in [2.45, 2.75) is 54.0 Å². The summed E-state index contributed by atoms with van der Waals surface area (Å²) >= 11 is 1.68. The molecule has 0 saturated carbocycles. The van der Waals surface area contributed by atoms with Gasteiger partial charge in [0.15, 0.2) is 5.13 Å². The molecule has 0 fully saturated rings. The molecule has 156 valence electrons. The van der Waals surface area contributed by atoms with Gasteiger partial charge < -0.3 is 15.4 Å². The highest BCUT2D eigenvalue weighted by Crippen LogP contribution is 2.24. The van der Waals surface area contributed by atoms with Crippen LogP contribution in [0.5, 0.6) is 0 Å². The van der Waals surface area contributed by atoms with Crippen LogP contribution in [0.2, 0.25) is 0 Å². The fraction of sp³-hybridized carbons (Fsp3) is 0.391. The van der Waals surface area contributed by atoms with E-state index in [1.54, 1.807) is 23.5 Å². The number of nitrogens with one attached hydrogen (secondary N) is 2. The van der Waals surface area contributed by atoms with E-state index in [1.165, 1.54) is 4.70 Å². The highest BCUT2D eigenvalue weighted by Gasteiger charge is 2.18. The number of nitrogens with zero attached hydrogens (tertiary/aromatic N) is 1. The first-order valence-corrected chi connectivity index (χ1v) is 10.8. The van der Waals surface area contributed by atoms with E-state index in [1.807, 2.05) is 66.8 Å². The zero-order chi connectivity index (χ0) is 21.9. The van der Waals surface area contributed by atoms with Gasteiger partial charge in [-0.2, -0.15) is 0 Å². The second kappa shape index (κ2) is 18.0. The summed E-state index contributed by atoms with van der Waals surface area (Å²) < 4.78 is 1.23. The summed E-state index contributed by atoms with van der Waals surface area (Å²) in [6.07, 6.45) is 5.10. The van der Waals surface area contributed by atoms with E-state index < -0.39 is 0 Å². The minimum Gasteiger partial charge on any atom is -0.375 e. The molecule has 0 bridgehead atoms. The summed E-state index contributed by atoms with van der Waals surface area (Å²) in [5.41, 5.74) is 3.07. The SMILES string of the molecule is C=CC1=C(C=C)NC(C=O)C1.CC.CC.CC.CNc1nc2ccccc2s1. The zero-order valence-electron chi connectivity index (χ0n) is 18.5. The molecule has 1 aromatic heterocycles. The van der Waals surface area contributed by atoms with Gasteiger partial charge in [-0.1, -0.05) is 84.2 Å². The van der Waals surface area contributed by atoms with Gasteiger partial charge in [0.1, 0.15) is 6.29 Å². The number of carbonyl (C=O) groups excluding carboxylic acids is 1. The molecule has 0 radical (unpaired) electrons. The number of allylic oxidation sites excluding steroid dienone is 2. The number of para-hydroxylation sites is 1. The molecule has 1 atom stereocenters. The van der Waals surface area contributed by atoms with Gasteiger partial charge in [0.2, 0.25) is 0 Å². The van der Waals surface area contributed by atoms with E-state index in [0.29, 0.717) is 0 Å². The lowest BCUT2D eigenvalue weighted by atomic mass is 10.1. The number of aldehydes is 1. The quantitative estimate of drug-likeness (QED) is 0.565. The van der Waals surface area contributed by atoms with Gasteiger partial charge >= 0.3 is 0 Å². The maximum atomic E-state index is 10.4. The molecule has 2 N–H and O–H groups in total. The minimum absolute atomic E-state index is 0.0870. The van der Waals surface area contributed by atoms with Crippen molar-refractivity contribution >= 4 is 33.0 Å². The third-order valence-electron chi connectivity index (χ3n) is 3.25. The molecule has 2 aromatic rings. The minimum atomic E-state index is -0.0870. The van der Waals surface area contributed by atoms with Gasteiger partial charge in [-0.05, 0) is 23.8 Å². The average Bonchev–Trinajstić information content (AvgIpc) is 3.41. The molecule has 1 aliphatic heterocycles. The fourth-order valence-electron chi connectivity index (χ4n) is 2.13. The molecule has 0 spiro atoms. The molecule has 3 rings (SSSR count). The molecule has 0 amide bonds. The molecule has 1 unspecified atom stereocenters. The number of hydrogen-bond acceptors (Lipinski definition) is 5. The summed E-state index contributed by atoms with van der Waals surface area (Å²) in [7, 11) is 1.89. The van der Waals surface area contributed by atoms with Gasteiger partial charge in [0.25, 0.3) is 0 Å². The van der Waals surface area contributed by atoms with Crippen molar-refractivity contribution in [3.8, 4) is 0 Å². The third kappa shape index (κ3) is 9.00. The number of thiazole rings is 1. The average molecular weight is 404 g/mol. The Morgan fingerprint density at radius 2 is 1.71 bits per heavy atom. The Balaban J connectivity index is 0. The number of fused-ring (bicyclic) bond motifs is 1. The maximum absolute atomic E-state index is 10.4. The summed E-state index contributed by atoms with van der Waals surface area (Å²) in [4.78, 5) is 14.7. The number of benzene rings is 1. The number of hydrogen-bond donors (Lipinski definition) is 2. The predicted molar refractivity (Wildman–Crippen MR) is 128 cm³/mol. The van der Waals surface area contributed by atoms with Crippen LogP contribution >= 0.6 is 11.3 Å². The smallest absolute Gasteiger partial charge is 0.183 e. The van der Waals surface area contributed by atoms with Gasteiger partial charge in [-0.3, -0.25) is 0 Å². The monoisotopic (exact) mass is 403 g/mol. The summed E-state index contributed by atoms with van der Waals surface area (Å²) in [5, 5.41) is 7.02. The second-order valence-corrected chi connectivity index (χ2v) is 5.71. The van der Waals surface area contributed by atoms with Crippen molar-refractivity contribution in [2.24, 2.45) is 0 Å². The molecule has 0 aliphatic carbocycles. The van der Waals surface area contributed by atoms with Gasteiger partial charge in [-0.25, -0.2) is 4.98 Å². The van der Waals surface area contributed by atoms with E-state index in [4.69, 9.17) is 0 Å². The topological polar surface area (TPSA) is 54.0 Å². The van der Waals surface area contributed by atoms with Crippen LogP contribution in [-0.2, 0) is 4.79 Å². The van der Waals surface area contributed by atoms with Crippen molar-refractivity contribution in [3.05, 3.63) is 60.8 Å². The van der Waals surface area contributed by atoms with Crippen molar-refractivity contribution < 1.29 is 4.79 Å². The first kappa shape index (κ1) is 27.8. The molecule has 1 aromatic carbocycles. The molecule has 1 aliphatic rings. The number of anilines is 1. The number of aromatic nitrogens is 1. The number of rotatable bonds is 4. The van der Waals surface area contributed by atoms with Gasteiger partial charge in [0.05, 0.1) is 16.3 Å². The van der Waals surface area contributed by atoms with Crippen molar-refractivity contribution in [1.82, 2.24) is 10.3 Å². The van der Waals surface area contributed by atoms with Crippen LogP contribution in [0, 0.1) is 0 Å². The predicted octanol–water partition coefficient (Wildman–Crippen LogP) is 6.59. The summed E-state index contributed by atoms with van der Waals surface area (Å²) in [6.45, 7) is 19.3. The van der Waals surface area contributed by atoms with E-state index in [2.05, 4.69) is 34.8 Å². The van der Waals surface area contributed by atoms with Crippen LogP contribution in [0.1, 0.15) is 48.0 Å². The Bertz CT molecular complexity index is 666. The van der Waals surface area contributed by atoms with E-state index in [0.717, 1.165) is 34.6 Å². The van der Waals surface area contributed by atoms with Crippen molar-refractivity contribution in [3.63, 3.8) is 0 Å². The van der Waals surface area contributed by atoms with Gasteiger partial charge in [0, 0.05) is 19.2 Å². The standard InChI is InChI=1S/C9H11NO.C8H8N2S.3C2H6/c1-3-7-5-8(6-11)10-9(7)4-2;1-9-8-10-6-4-2-3-5-7(6)11-8;3*1-2/h3-4,6,8,10H,1-2,5H2;2-5H,1H3,(H,9,10);3*1-2H3. The molecular weight excluding hydrogens is 366 g/mol. The Hall–Kier alpha value is -2.40. The van der Waals surface area contributed by atoms with Crippen LogP contribution in [0.4, 0.5) is 5.13 Å². The van der Waals surface area contributed by atoms with Crippen LogP contribution in [-0.4, -0.2) is 24.4 Å². The molecule has 28 heavy (non-hydrogen) atoms.